The van der Waals surface area contributed by atoms with Crippen LogP contribution in [0.3, 0.4) is 0 Å². The van der Waals surface area contributed by atoms with E-state index >= 15 is 0 Å². The lowest BCUT2D eigenvalue weighted by atomic mass is 10.1. The Morgan fingerprint density at radius 3 is 2.86 bits per heavy atom. The van der Waals surface area contributed by atoms with Gasteiger partial charge in [-0.25, -0.2) is 0 Å². The van der Waals surface area contributed by atoms with Gasteiger partial charge in [-0.3, -0.25) is 0 Å². The molecular formula is C10H17N3S. The maximum atomic E-state index is 4.18. The summed E-state index contributed by atoms with van der Waals surface area (Å²) in [5, 5.41) is 13.9. The lowest BCUT2D eigenvalue weighted by molar-refractivity contribution is 0.607. The van der Waals surface area contributed by atoms with Gasteiger partial charge in [0.1, 0.15) is 5.01 Å². The highest BCUT2D eigenvalue weighted by molar-refractivity contribution is 7.15. The standard InChI is InChI=1S/C10H17N3S/c1-7(2)5-6-11-10-13-12-9(14-10)8-3-4-8/h7-8H,3-6H2,1-2H3,(H,11,13). The van der Waals surface area contributed by atoms with Crippen LogP contribution in [0.25, 0.3) is 0 Å². The predicted octanol–water partition coefficient (Wildman–Crippen LogP) is 2.87. The van der Waals surface area contributed by atoms with Crippen molar-refractivity contribution in [2.45, 2.75) is 39.0 Å². The van der Waals surface area contributed by atoms with Crippen molar-refractivity contribution in [2.75, 3.05) is 11.9 Å². The zero-order valence-corrected chi connectivity index (χ0v) is 9.60. The Kier molecular flexibility index (Phi) is 3.01. The molecular weight excluding hydrogens is 194 g/mol. The number of rotatable bonds is 5. The molecule has 0 amide bonds. The second-order valence-electron chi connectivity index (χ2n) is 4.33. The molecule has 1 aliphatic rings. The number of hydrogen-bond acceptors (Lipinski definition) is 4. The summed E-state index contributed by atoms with van der Waals surface area (Å²) in [4.78, 5) is 0. The van der Waals surface area contributed by atoms with E-state index in [2.05, 4.69) is 29.4 Å². The summed E-state index contributed by atoms with van der Waals surface area (Å²) in [5.74, 6) is 1.48. The third-order valence-electron chi connectivity index (χ3n) is 2.37. The van der Waals surface area contributed by atoms with Gasteiger partial charge in [-0.15, -0.1) is 10.2 Å². The van der Waals surface area contributed by atoms with Gasteiger partial charge in [0.05, 0.1) is 0 Å². The van der Waals surface area contributed by atoms with Gasteiger partial charge < -0.3 is 5.32 Å². The maximum Gasteiger partial charge on any atom is 0.205 e. The zero-order chi connectivity index (χ0) is 9.97. The maximum absolute atomic E-state index is 4.18. The summed E-state index contributed by atoms with van der Waals surface area (Å²) >= 11 is 1.72. The smallest absolute Gasteiger partial charge is 0.205 e. The van der Waals surface area contributed by atoms with Crippen LogP contribution in [-0.2, 0) is 0 Å². The predicted molar refractivity (Wildman–Crippen MR) is 59.8 cm³/mol. The van der Waals surface area contributed by atoms with Gasteiger partial charge in [0, 0.05) is 12.5 Å². The first kappa shape index (κ1) is 9.90. The minimum atomic E-state index is 0.730. The highest BCUT2D eigenvalue weighted by Gasteiger charge is 2.27. The van der Waals surface area contributed by atoms with Crippen LogP contribution in [0, 0.1) is 5.92 Å². The van der Waals surface area contributed by atoms with Crippen molar-refractivity contribution in [1.82, 2.24) is 10.2 Å². The van der Waals surface area contributed by atoms with Crippen LogP contribution in [0.1, 0.15) is 44.0 Å². The van der Waals surface area contributed by atoms with Crippen molar-refractivity contribution in [3.8, 4) is 0 Å². The van der Waals surface area contributed by atoms with Gasteiger partial charge in [0.15, 0.2) is 0 Å². The van der Waals surface area contributed by atoms with Crippen LogP contribution in [0.4, 0.5) is 5.13 Å². The van der Waals surface area contributed by atoms with Crippen molar-refractivity contribution in [3.05, 3.63) is 5.01 Å². The molecule has 4 heteroatoms. The summed E-state index contributed by atoms with van der Waals surface area (Å²) in [7, 11) is 0. The van der Waals surface area contributed by atoms with E-state index in [1.54, 1.807) is 11.3 Å². The largest absolute Gasteiger partial charge is 0.360 e. The van der Waals surface area contributed by atoms with Crippen LogP contribution in [-0.4, -0.2) is 16.7 Å². The van der Waals surface area contributed by atoms with E-state index in [0.717, 1.165) is 23.5 Å². The van der Waals surface area contributed by atoms with E-state index < -0.39 is 0 Å². The summed E-state index contributed by atoms with van der Waals surface area (Å²) in [6.45, 7) is 5.48. The minimum Gasteiger partial charge on any atom is -0.360 e. The van der Waals surface area contributed by atoms with E-state index in [-0.39, 0.29) is 0 Å². The number of anilines is 1. The molecule has 78 valence electrons. The molecule has 1 fully saturated rings. The molecule has 1 aromatic heterocycles. The molecule has 0 unspecified atom stereocenters. The Morgan fingerprint density at radius 1 is 1.43 bits per heavy atom. The summed E-state index contributed by atoms with van der Waals surface area (Å²) in [5.41, 5.74) is 0. The molecule has 0 aromatic carbocycles. The molecule has 1 heterocycles. The van der Waals surface area contributed by atoms with E-state index in [4.69, 9.17) is 0 Å². The zero-order valence-electron chi connectivity index (χ0n) is 8.79. The fourth-order valence-corrected chi connectivity index (χ4v) is 2.21. The first-order valence-corrected chi connectivity index (χ1v) is 6.14. The molecule has 2 rings (SSSR count). The molecule has 0 aliphatic heterocycles. The van der Waals surface area contributed by atoms with E-state index in [9.17, 15) is 0 Å². The van der Waals surface area contributed by atoms with Crippen LogP contribution in [0.2, 0.25) is 0 Å². The van der Waals surface area contributed by atoms with Gasteiger partial charge in [-0.05, 0) is 25.2 Å². The number of aromatic nitrogens is 2. The van der Waals surface area contributed by atoms with Crippen LogP contribution >= 0.6 is 11.3 Å². The number of nitrogens with zero attached hydrogens (tertiary/aromatic N) is 2. The molecule has 1 saturated carbocycles. The first-order chi connectivity index (χ1) is 6.75. The quantitative estimate of drug-likeness (QED) is 0.813. The summed E-state index contributed by atoms with van der Waals surface area (Å²) in [6, 6.07) is 0. The normalized spacial score (nSPS) is 16.2. The minimum absolute atomic E-state index is 0.730. The van der Waals surface area contributed by atoms with Gasteiger partial charge in [0.25, 0.3) is 0 Å². The number of hydrogen-bond donors (Lipinski definition) is 1. The molecule has 1 N–H and O–H groups in total. The van der Waals surface area contributed by atoms with E-state index in [1.165, 1.54) is 24.3 Å². The molecule has 1 aromatic rings. The Hall–Kier alpha value is -0.640. The third kappa shape index (κ3) is 2.67. The van der Waals surface area contributed by atoms with Gasteiger partial charge in [0.2, 0.25) is 5.13 Å². The van der Waals surface area contributed by atoms with Gasteiger partial charge in [-0.2, -0.15) is 0 Å². The molecule has 14 heavy (non-hydrogen) atoms. The lowest BCUT2D eigenvalue weighted by Crippen LogP contribution is -2.04. The van der Waals surface area contributed by atoms with E-state index in [0.29, 0.717) is 0 Å². The molecule has 0 bridgehead atoms. The van der Waals surface area contributed by atoms with Crippen LogP contribution < -0.4 is 5.32 Å². The first-order valence-electron chi connectivity index (χ1n) is 5.33. The van der Waals surface area contributed by atoms with Crippen LogP contribution in [0.5, 0.6) is 0 Å². The Morgan fingerprint density at radius 2 is 2.21 bits per heavy atom. The Labute approximate surface area is 88.9 Å². The Balaban J connectivity index is 1.78. The van der Waals surface area contributed by atoms with Crippen molar-refractivity contribution < 1.29 is 0 Å². The van der Waals surface area contributed by atoms with Crippen LogP contribution in [0.15, 0.2) is 0 Å². The summed E-state index contributed by atoms with van der Waals surface area (Å²) < 4.78 is 0. The molecule has 1 aliphatic carbocycles. The SMILES string of the molecule is CC(C)CCNc1nnc(C2CC2)s1. The van der Waals surface area contributed by atoms with Gasteiger partial charge in [-0.1, -0.05) is 25.2 Å². The van der Waals surface area contributed by atoms with E-state index in [1.807, 2.05) is 0 Å². The fourth-order valence-electron chi connectivity index (χ4n) is 1.27. The second-order valence-corrected chi connectivity index (χ2v) is 5.34. The highest BCUT2D eigenvalue weighted by atomic mass is 32.1. The monoisotopic (exact) mass is 211 g/mol. The molecule has 0 atom stereocenters. The van der Waals surface area contributed by atoms with Crippen molar-refractivity contribution in [3.63, 3.8) is 0 Å². The average Bonchev–Trinajstić information content (AvgIpc) is 2.87. The third-order valence-corrected chi connectivity index (χ3v) is 3.41. The molecule has 0 saturated heterocycles. The van der Waals surface area contributed by atoms with Crippen molar-refractivity contribution in [2.24, 2.45) is 5.92 Å². The second kappa shape index (κ2) is 4.26. The molecule has 3 nitrogen and oxygen atoms in total. The highest BCUT2D eigenvalue weighted by Crippen LogP contribution is 2.41. The molecule has 0 spiro atoms. The Bertz CT molecular complexity index is 291. The van der Waals surface area contributed by atoms with Crippen molar-refractivity contribution in [1.29, 1.82) is 0 Å². The van der Waals surface area contributed by atoms with Crippen molar-refractivity contribution >= 4 is 16.5 Å². The average molecular weight is 211 g/mol. The molecule has 0 radical (unpaired) electrons. The fraction of sp³-hybridized carbons (Fsp3) is 0.800. The lowest BCUT2D eigenvalue weighted by Gasteiger charge is -2.03. The number of nitrogens with one attached hydrogen (secondary N) is 1. The topological polar surface area (TPSA) is 37.8 Å². The summed E-state index contributed by atoms with van der Waals surface area (Å²) in [6.07, 6.45) is 3.81. The van der Waals surface area contributed by atoms with Gasteiger partial charge >= 0.3 is 0 Å².